The van der Waals surface area contributed by atoms with Gasteiger partial charge in [-0.1, -0.05) is 23.5 Å². The van der Waals surface area contributed by atoms with Crippen LogP contribution in [0, 0.1) is 0 Å². The number of aliphatic hydroxyl groups is 1. The quantitative estimate of drug-likeness (QED) is 0.711. The number of carbonyl (C=O) groups excluding carboxylic acids is 1. The number of benzene rings is 1. The number of carbonyl (C=O) groups is 1. The van der Waals surface area contributed by atoms with Crippen molar-refractivity contribution in [3.63, 3.8) is 0 Å². The minimum absolute atomic E-state index is 0.0549. The van der Waals surface area contributed by atoms with Crippen LogP contribution in [0.2, 0.25) is 0 Å². The highest BCUT2D eigenvalue weighted by atomic mass is 32.1. The van der Waals surface area contributed by atoms with Crippen molar-refractivity contribution in [2.24, 2.45) is 0 Å². The maximum absolute atomic E-state index is 12.5. The van der Waals surface area contributed by atoms with E-state index >= 15 is 0 Å². The zero-order chi connectivity index (χ0) is 18.7. The van der Waals surface area contributed by atoms with E-state index in [1.165, 1.54) is 6.20 Å². The van der Waals surface area contributed by atoms with Crippen molar-refractivity contribution in [1.82, 2.24) is 14.8 Å². The van der Waals surface area contributed by atoms with Crippen LogP contribution in [0.15, 0.2) is 42.9 Å². The molecule has 2 heterocycles. The average Bonchev–Trinajstić information content (AvgIpc) is 3.24. The molecule has 6 nitrogen and oxygen atoms in total. The van der Waals surface area contributed by atoms with E-state index in [0.29, 0.717) is 23.1 Å². The van der Waals surface area contributed by atoms with E-state index in [1.54, 1.807) is 35.1 Å². The second-order valence-electron chi connectivity index (χ2n) is 5.37. The minimum Gasteiger partial charge on any atom is -0.392 e. The lowest BCUT2D eigenvalue weighted by molar-refractivity contribution is -0.134. The monoisotopic (exact) mass is 382 g/mol. The molecule has 0 saturated carbocycles. The minimum atomic E-state index is -4.48. The molecule has 0 atom stereocenters. The highest BCUT2D eigenvalue weighted by Gasteiger charge is 2.33. The standard InChI is InChI=1S/C16H13F3N4O2S/c17-16(18,19)13-7-20-15(26-13)22-14(25)5-11-6-21-23(8-11)12-3-1-2-10(4-12)9-24/h1-4,6-8,24H,5,9H2,(H,20,22,25). The molecule has 0 fully saturated rings. The second-order valence-corrected chi connectivity index (χ2v) is 6.40. The van der Waals surface area contributed by atoms with E-state index in [-0.39, 0.29) is 18.2 Å². The summed E-state index contributed by atoms with van der Waals surface area (Å²) >= 11 is 0.372. The van der Waals surface area contributed by atoms with E-state index < -0.39 is 17.0 Å². The number of anilines is 1. The Morgan fingerprint density at radius 2 is 2.08 bits per heavy atom. The van der Waals surface area contributed by atoms with Gasteiger partial charge in [0.15, 0.2) is 5.13 Å². The van der Waals surface area contributed by atoms with E-state index in [4.69, 9.17) is 5.11 Å². The van der Waals surface area contributed by atoms with Crippen molar-refractivity contribution in [3.8, 4) is 5.69 Å². The Kier molecular flexibility index (Phi) is 5.05. The molecule has 0 aliphatic rings. The van der Waals surface area contributed by atoms with Gasteiger partial charge in [0.25, 0.3) is 0 Å². The summed E-state index contributed by atoms with van der Waals surface area (Å²) in [5.41, 5.74) is 2.03. The summed E-state index contributed by atoms with van der Waals surface area (Å²) in [4.78, 5) is 14.7. The van der Waals surface area contributed by atoms with Crippen molar-refractivity contribution in [1.29, 1.82) is 0 Å². The Hall–Kier alpha value is -2.72. The van der Waals surface area contributed by atoms with Crippen LogP contribution in [-0.4, -0.2) is 25.8 Å². The molecule has 1 aromatic carbocycles. The van der Waals surface area contributed by atoms with Gasteiger partial charge in [0.05, 0.1) is 31.1 Å². The predicted octanol–water partition coefficient (Wildman–Crippen LogP) is 3.02. The molecule has 26 heavy (non-hydrogen) atoms. The van der Waals surface area contributed by atoms with Crippen LogP contribution in [0.1, 0.15) is 16.0 Å². The van der Waals surface area contributed by atoms with Crippen molar-refractivity contribution in [2.45, 2.75) is 19.2 Å². The second kappa shape index (κ2) is 7.26. The summed E-state index contributed by atoms with van der Waals surface area (Å²) in [6.45, 7) is -0.0991. The van der Waals surface area contributed by atoms with Crippen LogP contribution in [0.3, 0.4) is 0 Å². The fourth-order valence-electron chi connectivity index (χ4n) is 2.20. The van der Waals surface area contributed by atoms with Gasteiger partial charge in [-0.3, -0.25) is 4.79 Å². The Labute approximate surface area is 149 Å². The Bertz CT molecular complexity index is 920. The lowest BCUT2D eigenvalue weighted by Crippen LogP contribution is -2.13. The molecule has 2 N–H and O–H groups in total. The molecule has 0 saturated heterocycles. The SMILES string of the molecule is O=C(Cc1cnn(-c2cccc(CO)c2)c1)Nc1ncc(C(F)(F)F)s1. The van der Waals surface area contributed by atoms with Gasteiger partial charge in [0, 0.05) is 6.20 Å². The summed E-state index contributed by atoms with van der Waals surface area (Å²) in [5, 5.41) is 15.6. The smallest absolute Gasteiger partial charge is 0.392 e. The third-order valence-electron chi connectivity index (χ3n) is 3.39. The van der Waals surface area contributed by atoms with Crippen LogP contribution in [0.25, 0.3) is 5.69 Å². The number of halogens is 3. The summed E-state index contributed by atoms with van der Waals surface area (Å²) < 4.78 is 39.2. The topological polar surface area (TPSA) is 80.0 Å². The van der Waals surface area contributed by atoms with E-state index in [9.17, 15) is 18.0 Å². The van der Waals surface area contributed by atoms with Gasteiger partial charge in [0.2, 0.25) is 5.91 Å². The normalized spacial score (nSPS) is 11.5. The number of nitrogens with zero attached hydrogens (tertiary/aromatic N) is 3. The van der Waals surface area contributed by atoms with Gasteiger partial charge < -0.3 is 10.4 Å². The van der Waals surface area contributed by atoms with Crippen LogP contribution >= 0.6 is 11.3 Å². The number of rotatable bonds is 5. The van der Waals surface area contributed by atoms with Gasteiger partial charge in [0.1, 0.15) is 4.88 Å². The average molecular weight is 382 g/mol. The number of hydrogen-bond donors (Lipinski definition) is 2. The molecule has 0 unspecified atom stereocenters. The molecular formula is C16H13F3N4O2S. The lowest BCUT2D eigenvalue weighted by atomic mass is 10.2. The third-order valence-corrected chi connectivity index (χ3v) is 4.35. The van der Waals surface area contributed by atoms with Crippen molar-refractivity contribution in [3.05, 3.63) is 58.9 Å². The zero-order valence-electron chi connectivity index (χ0n) is 13.2. The van der Waals surface area contributed by atoms with Gasteiger partial charge in [-0.2, -0.15) is 18.3 Å². The summed E-state index contributed by atoms with van der Waals surface area (Å²) in [6.07, 6.45) is -0.717. The van der Waals surface area contributed by atoms with Crippen LogP contribution in [-0.2, 0) is 24.0 Å². The maximum Gasteiger partial charge on any atom is 0.427 e. The lowest BCUT2D eigenvalue weighted by Gasteiger charge is -2.03. The van der Waals surface area contributed by atoms with E-state index in [2.05, 4.69) is 15.4 Å². The first-order valence-corrected chi connectivity index (χ1v) is 8.23. The molecule has 0 spiro atoms. The highest BCUT2D eigenvalue weighted by molar-refractivity contribution is 7.15. The predicted molar refractivity (Wildman–Crippen MR) is 88.9 cm³/mol. The fraction of sp³-hybridized carbons (Fsp3) is 0.188. The molecular weight excluding hydrogens is 369 g/mol. The summed E-state index contributed by atoms with van der Waals surface area (Å²) in [7, 11) is 0. The molecule has 3 rings (SSSR count). The molecule has 0 bridgehead atoms. The largest absolute Gasteiger partial charge is 0.427 e. The maximum atomic E-state index is 12.5. The number of aliphatic hydroxyl groups excluding tert-OH is 1. The van der Waals surface area contributed by atoms with Gasteiger partial charge in [-0.05, 0) is 23.3 Å². The van der Waals surface area contributed by atoms with E-state index in [1.807, 2.05) is 0 Å². The Morgan fingerprint density at radius 1 is 1.27 bits per heavy atom. The molecule has 136 valence electrons. The highest BCUT2D eigenvalue weighted by Crippen LogP contribution is 2.35. The number of hydrogen-bond acceptors (Lipinski definition) is 5. The molecule has 0 aliphatic heterocycles. The number of alkyl halides is 3. The third kappa shape index (κ3) is 4.27. The van der Waals surface area contributed by atoms with Crippen LogP contribution in [0.5, 0.6) is 0 Å². The molecule has 1 amide bonds. The molecule has 2 aromatic heterocycles. The summed E-state index contributed by atoms with van der Waals surface area (Å²) in [6, 6.07) is 7.09. The Morgan fingerprint density at radius 3 is 2.77 bits per heavy atom. The van der Waals surface area contributed by atoms with Gasteiger partial charge in [-0.15, -0.1) is 0 Å². The molecule has 3 aromatic rings. The van der Waals surface area contributed by atoms with Gasteiger partial charge in [-0.25, -0.2) is 9.67 Å². The fourth-order valence-corrected chi connectivity index (χ4v) is 2.90. The van der Waals surface area contributed by atoms with Gasteiger partial charge >= 0.3 is 6.18 Å². The molecule has 0 aliphatic carbocycles. The first-order chi connectivity index (χ1) is 12.3. The Balaban J connectivity index is 1.65. The van der Waals surface area contributed by atoms with Crippen molar-refractivity contribution in [2.75, 3.05) is 5.32 Å². The van der Waals surface area contributed by atoms with Crippen LogP contribution < -0.4 is 5.32 Å². The first kappa shape index (κ1) is 18.1. The number of aromatic nitrogens is 3. The van der Waals surface area contributed by atoms with Crippen molar-refractivity contribution < 1.29 is 23.1 Å². The number of nitrogens with one attached hydrogen (secondary N) is 1. The summed E-state index contributed by atoms with van der Waals surface area (Å²) in [5.74, 6) is -0.489. The molecule has 0 radical (unpaired) electrons. The van der Waals surface area contributed by atoms with Crippen molar-refractivity contribution >= 4 is 22.4 Å². The molecule has 10 heteroatoms. The first-order valence-electron chi connectivity index (χ1n) is 7.42. The van der Waals surface area contributed by atoms with E-state index in [0.717, 1.165) is 11.3 Å². The number of thiazole rings is 1. The number of amides is 1. The zero-order valence-corrected chi connectivity index (χ0v) is 14.0. The van der Waals surface area contributed by atoms with Crippen LogP contribution in [0.4, 0.5) is 18.3 Å².